The molecule has 0 aromatic heterocycles. The van der Waals surface area contributed by atoms with Crippen LogP contribution in [0.15, 0.2) is 85.1 Å². The van der Waals surface area contributed by atoms with Crippen LogP contribution >= 0.6 is 0 Å². The second kappa shape index (κ2) is 60.1. The molecule has 72 heavy (non-hydrogen) atoms. The number of allylic oxidation sites excluding steroid dienone is 14. The first-order valence-corrected chi connectivity index (χ1v) is 30.6. The molecular formula is C66H114O6. The minimum absolute atomic E-state index is 0.0909. The zero-order chi connectivity index (χ0) is 52.2. The standard InChI is InChI=1S/C66H114O6/c1-4-7-10-13-16-19-21-23-25-26-27-28-29-30-31-32-33-34-35-36-37-38-39-40-42-43-45-47-50-53-56-59-65(68)71-62-63(61-70-64(67)58-55-52-49-18-15-12-9-6-3)72-66(69)60-57-54-51-48-46-44-41-24-22-20-17-14-11-8-5-2/h8,11,17,20-21,23-24,26-27,29-30,41,46,48,63H,4-7,9-10,12-16,18-19,22,25,28,31-40,42-45,47,49-62H2,1-3H3/b11-8-,20-17-,23-21-,27-26-,30-29-,41-24-,48-46-. The van der Waals surface area contributed by atoms with Crippen LogP contribution in [0.1, 0.15) is 297 Å². The molecule has 0 radical (unpaired) electrons. The number of esters is 3. The van der Waals surface area contributed by atoms with E-state index in [4.69, 9.17) is 14.2 Å². The van der Waals surface area contributed by atoms with Crippen molar-refractivity contribution in [3.8, 4) is 0 Å². The van der Waals surface area contributed by atoms with Crippen molar-refractivity contribution in [3.63, 3.8) is 0 Å². The molecule has 0 amide bonds. The Labute approximate surface area is 445 Å². The third-order valence-corrected chi connectivity index (χ3v) is 13.1. The quantitative estimate of drug-likeness (QED) is 0.0261. The first-order chi connectivity index (χ1) is 35.5. The molecule has 0 saturated carbocycles. The third-order valence-electron chi connectivity index (χ3n) is 13.1. The van der Waals surface area contributed by atoms with Crippen molar-refractivity contribution in [1.82, 2.24) is 0 Å². The molecule has 1 atom stereocenters. The van der Waals surface area contributed by atoms with Crippen LogP contribution in [0.3, 0.4) is 0 Å². The number of ether oxygens (including phenoxy) is 3. The Kier molecular flexibility index (Phi) is 57.3. The zero-order valence-electron chi connectivity index (χ0n) is 47.4. The maximum absolute atomic E-state index is 12.8. The molecule has 0 N–H and O–H groups in total. The summed E-state index contributed by atoms with van der Waals surface area (Å²) in [7, 11) is 0. The Hall–Kier alpha value is -3.41. The fourth-order valence-electron chi connectivity index (χ4n) is 8.56. The van der Waals surface area contributed by atoms with Crippen molar-refractivity contribution >= 4 is 17.9 Å². The van der Waals surface area contributed by atoms with Gasteiger partial charge in [-0.15, -0.1) is 0 Å². The minimum Gasteiger partial charge on any atom is -0.462 e. The highest BCUT2D eigenvalue weighted by Gasteiger charge is 2.19. The summed E-state index contributed by atoms with van der Waals surface area (Å²) >= 11 is 0. The van der Waals surface area contributed by atoms with Crippen LogP contribution in [0, 0.1) is 0 Å². The predicted octanol–water partition coefficient (Wildman–Crippen LogP) is 20.7. The molecule has 1 unspecified atom stereocenters. The summed E-state index contributed by atoms with van der Waals surface area (Å²) in [6.07, 6.45) is 79.0. The number of carbonyl (C=O) groups excluding carboxylic acids is 3. The highest BCUT2D eigenvalue weighted by atomic mass is 16.6. The minimum atomic E-state index is -0.795. The van der Waals surface area contributed by atoms with Crippen LogP contribution < -0.4 is 0 Å². The topological polar surface area (TPSA) is 78.9 Å². The lowest BCUT2D eigenvalue weighted by Crippen LogP contribution is -2.30. The summed E-state index contributed by atoms with van der Waals surface area (Å²) in [6.45, 7) is 6.46. The molecule has 0 saturated heterocycles. The zero-order valence-corrected chi connectivity index (χ0v) is 47.4. The van der Waals surface area contributed by atoms with E-state index in [1.54, 1.807) is 0 Å². The predicted molar refractivity (Wildman–Crippen MR) is 311 cm³/mol. The molecular weight excluding hydrogens is 889 g/mol. The van der Waals surface area contributed by atoms with Crippen LogP contribution in [0.2, 0.25) is 0 Å². The number of hydrogen-bond acceptors (Lipinski definition) is 6. The van der Waals surface area contributed by atoms with Gasteiger partial charge in [-0.1, -0.05) is 266 Å². The van der Waals surface area contributed by atoms with Gasteiger partial charge in [-0.2, -0.15) is 0 Å². The third kappa shape index (κ3) is 57.5. The van der Waals surface area contributed by atoms with Crippen LogP contribution in [-0.4, -0.2) is 37.2 Å². The molecule has 0 fully saturated rings. The van der Waals surface area contributed by atoms with Crippen molar-refractivity contribution in [3.05, 3.63) is 85.1 Å². The van der Waals surface area contributed by atoms with Gasteiger partial charge in [-0.3, -0.25) is 14.4 Å². The molecule has 0 aliphatic heterocycles. The molecule has 0 spiro atoms. The second-order valence-corrected chi connectivity index (χ2v) is 20.2. The summed E-state index contributed by atoms with van der Waals surface area (Å²) in [5, 5.41) is 0. The van der Waals surface area contributed by atoms with Gasteiger partial charge in [0, 0.05) is 19.3 Å². The molecule has 0 aliphatic rings. The van der Waals surface area contributed by atoms with Crippen LogP contribution in [0.25, 0.3) is 0 Å². The van der Waals surface area contributed by atoms with Gasteiger partial charge in [0.15, 0.2) is 6.10 Å². The highest BCUT2D eigenvalue weighted by molar-refractivity contribution is 5.71. The van der Waals surface area contributed by atoms with Gasteiger partial charge in [-0.25, -0.2) is 0 Å². The lowest BCUT2D eigenvalue weighted by molar-refractivity contribution is -0.167. The van der Waals surface area contributed by atoms with E-state index in [2.05, 4.69) is 106 Å². The SMILES string of the molecule is CC/C=C\C/C=C\C/C=C\C/C=C\CCCCC(=O)OC(COC(=O)CCCCCCCCCC)COC(=O)CCCCCCCCCCCCCCCCCC/C=C\C/C=C\C/C=C\CCCCCCC. The van der Waals surface area contributed by atoms with E-state index in [1.165, 1.54) is 161 Å². The van der Waals surface area contributed by atoms with E-state index in [1.807, 2.05) is 0 Å². The van der Waals surface area contributed by atoms with Gasteiger partial charge >= 0.3 is 17.9 Å². The Morgan fingerprint density at radius 3 is 0.875 bits per heavy atom. The number of unbranched alkanes of at least 4 members (excludes halogenated alkanes) is 30. The van der Waals surface area contributed by atoms with Crippen LogP contribution in [0.4, 0.5) is 0 Å². The summed E-state index contributed by atoms with van der Waals surface area (Å²) in [5.41, 5.74) is 0. The summed E-state index contributed by atoms with van der Waals surface area (Å²) < 4.78 is 16.8. The largest absolute Gasteiger partial charge is 0.462 e. The van der Waals surface area contributed by atoms with Crippen molar-refractivity contribution in [2.24, 2.45) is 0 Å². The van der Waals surface area contributed by atoms with Crippen molar-refractivity contribution in [2.45, 2.75) is 303 Å². The van der Waals surface area contributed by atoms with Crippen molar-refractivity contribution in [1.29, 1.82) is 0 Å². The number of hydrogen-bond donors (Lipinski definition) is 0. The summed E-state index contributed by atoms with van der Waals surface area (Å²) in [4.78, 5) is 38.0. The smallest absolute Gasteiger partial charge is 0.306 e. The van der Waals surface area contributed by atoms with Gasteiger partial charge in [-0.05, 0) is 96.3 Å². The van der Waals surface area contributed by atoms with Gasteiger partial charge in [0.2, 0.25) is 0 Å². The highest BCUT2D eigenvalue weighted by Crippen LogP contribution is 2.16. The van der Waals surface area contributed by atoms with E-state index >= 15 is 0 Å². The maximum Gasteiger partial charge on any atom is 0.306 e. The summed E-state index contributed by atoms with van der Waals surface area (Å²) in [5.74, 6) is -0.931. The van der Waals surface area contributed by atoms with E-state index in [0.717, 1.165) is 89.9 Å². The Balaban J connectivity index is 4.10. The van der Waals surface area contributed by atoms with Gasteiger partial charge in [0.05, 0.1) is 0 Å². The van der Waals surface area contributed by atoms with E-state index in [0.29, 0.717) is 19.3 Å². The lowest BCUT2D eigenvalue weighted by atomic mass is 10.0. The first kappa shape index (κ1) is 68.6. The Morgan fingerprint density at radius 2 is 0.542 bits per heavy atom. The normalized spacial score (nSPS) is 12.7. The van der Waals surface area contributed by atoms with Crippen LogP contribution in [-0.2, 0) is 28.6 Å². The van der Waals surface area contributed by atoms with Crippen molar-refractivity contribution in [2.75, 3.05) is 13.2 Å². The molecule has 6 heteroatoms. The molecule has 0 heterocycles. The summed E-state index contributed by atoms with van der Waals surface area (Å²) in [6, 6.07) is 0. The number of carbonyl (C=O) groups is 3. The van der Waals surface area contributed by atoms with E-state index in [-0.39, 0.29) is 37.5 Å². The maximum atomic E-state index is 12.8. The average Bonchev–Trinajstić information content (AvgIpc) is 3.38. The molecule has 0 rings (SSSR count). The van der Waals surface area contributed by atoms with E-state index in [9.17, 15) is 14.4 Å². The molecule has 0 aliphatic carbocycles. The Morgan fingerprint density at radius 1 is 0.292 bits per heavy atom. The second-order valence-electron chi connectivity index (χ2n) is 20.2. The van der Waals surface area contributed by atoms with Crippen molar-refractivity contribution < 1.29 is 28.6 Å². The molecule has 0 aromatic carbocycles. The monoisotopic (exact) mass is 1000 g/mol. The van der Waals surface area contributed by atoms with Gasteiger partial charge < -0.3 is 14.2 Å². The Bertz CT molecular complexity index is 1380. The molecule has 0 bridgehead atoms. The number of rotatable bonds is 55. The molecule has 0 aromatic rings. The van der Waals surface area contributed by atoms with E-state index < -0.39 is 6.10 Å². The first-order valence-electron chi connectivity index (χ1n) is 30.6. The van der Waals surface area contributed by atoms with Gasteiger partial charge in [0.25, 0.3) is 0 Å². The van der Waals surface area contributed by atoms with Gasteiger partial charge in [0.1, 0.15) is 13.2 Å². The fourth-order valence-corrected chi connectivity index (χ4v) is 8.56. The fraction of sp³-hybridized carbons (Fsp3) is 0.742. The molecule has 414 valence electrons. The van der Waals surface area contributed by atoms with Crippen LogP contribution in [0.5, 0.6) is 0 Å². The lowest BCUT2D eigenvalue weighted by Gasteiger charge is -2.18. The average molecular weight is 1000 g/mol. The molecule has 6 nitrogen and oxygen atoms in total.